The first kappa shape index (κ1) is 17.2. The molecule has 0 aliphatic rings. The van der Waals surface area contributed by atoms with Crippen LogP contribution in [0.2, 0.25) is 5.02 Å². The van der Waals surface area contributed by atoms with Crippen molar-refractivity contribution in [3.05, 3.63) is 28.8 Å². The van der Waals surface area contributed by atoms with Gasteiger partial charge in [0.15, 0.2) is 0 Å². The molecule has 0 unspecified atom stereocenters. The maximum Gasteiger partial charge on any atom is 0.142 e. The monoisotopic (exact) mass is 301 g/mol. The van der Waals surface area contributed by atoms with Crippen LogP contribution in [0.1, 0.15) is 18.9 Å². The van der Waals surface area contributed by atoms with Crippen molar-refractivity contribution >= 4 is 11.6 Å². The van der Waals surface area contributed by atoms with Crippen molar-refractivity contribution in [2.75, 3.05) is 40.1 Å². The van der Waals surface area contributed by atoms with Gasteiger partial charge < -0.3 is 19.5 Å². The minimum absolute atomic E-state index is 0.509. The Morgan fingerprint density at radius 3 is 2.75 bits per heavy atom. The normalized spacial score (nSPS) is 10.8. The maximum absolute atomic E-state index is 6.19. The zero-order chi connectivity index (χ0) is 14.6. The van der Waals surface area contributed by atoms with Crippen molar-refractivity contribution in [3.8, 4) is 5.75 Å². The highest BCUT2D eigenvalue weighted by atomic mass is 35.5. The predicted molar refractivity (Wildman–Crippen MR) is 81.6 cm³/mol. The molecular formula is C15H24ClNO3. The Bertz CT molecular complexity index is 374. The molecule has 0 amide bonds. The highest BCUT2D eigenvalue weighted by molar-refractivity contribution is 6.32. The molecular weight excluding hydrogens is 278 g/mol. The van der Waals surface area contributed by atoms with Gasteiger partial charge in [0.25, 0.3) is 0 Å². The van der Waals surface area contributed by atoms with Crippen LogP contribution in [0.3, 0.4) is 0 Å². The van der Waals surface area contributed by atoms with Gasteiger partial charge in [0.2, 0.25) is 0 Å². The lowest BCUT2D eigenvalue weighted by molar-refractivity contribution is 0.100. The Kier molecular flexibility index (Phi) is 9.41. The summed E-state index contributed by atoms with van der Waals surface area (Å²) in [6.07, 6.45) is 1.01. The maximum atomic E-state index is 6.19. The molecule has 1 N–H and O–H groups in total. The third-order valence-corrected chi connectivity index (χ3v) is 2.97. The van der Waals surface area contributed by atoms with Crippen LogP contribution in [0.5, 0.6) is 5.75 Å². The molecule has 0 atom stereocenters. The van der Waals surface area contributed by atoms with Crippen molar-refractivity contribution in [1.29, 1.82) is 0 Å². The van der Waals surface area contributed by atoms with Gasteiger partial charge in [-0.2, -0.15) is 0 Å². The summed E-state index contributed by atoms with van der Waals surface area (Å²) in [6.45, 7) is 6.11. The van der Waals surface area contributed by atoms with Crippen molar-refractivity contribution in [2.45, 2.75) is 19.9 Å². The van der Waals surface area contributed by atoms with Gasteiger partial charge in [-0.25, -0.2) is 0 Å². The summed E-state index contributed by atoms with van der Waals surface area (Å²) in [5.41, 5.74) is 1.05. The molecule has 0 spiro atoms. The molecule has 0 fully saturated rings. The first-order valence-corrected chi connectivity index (χ1v) is 7.35. The fourth-order valence-corrected chi connectivity index (χ4v) is 1.95. The van der Waals surface area contributed by atoms with Crippen LogP contribution in [0.15, 0.2) is 18.2 Å². The Hall–Kier alpha value is -0.810. The molecule has 0 bridgehead atoms. The number of methoxy groups -OCH3 is 1. The van der Waals surface area contributed by atoms with Gasteiger partial charge in [-0.15, -0.1) is 0 Å². The van der Waals surface area contributed by atoms with Gasteiger partial charge in [-0.1, -0.05) is 30.7 Å². The lowest BCUT2D eigenvalue weighted by atomic mass is 10.2. The second kappa shape index (κ2) is 10.9. The van der Waals surface area contributed by atoms with Crippen molar-refractivity contribution < 1.29 is 14.2 Å². The zero-order valence-corrected chi connectivity index (χ0v) is 13.0. The topological polar surface area (TPSA) is 39.7 Å². The van der Waals surface area contributed by atoms with Crippen molar-refractivity contribution in [2.24, 2.45) is 0 Å². The summed E-state index contributed by atoms with van der Waals surface area (Å²) in [6, 6.07) is 5.77. The Balaban J connectivity index is 2.45. The highest BCUT2D eigenvalue weighted by Crippen LogP contribution is 2.28. The summed E-state index contributed by atoms with van der Waals surface area (Å²) in [5, 5.41) is 3.92. The number of rotatable bonds is 11. The third-order valence-electron chi connectivity index (χ3n) is 2.67. The molecule has 0 aromatic heterocycles. The number of benzene rings is 1. The summed E-state index contributed by atoms with van der Waals surface area (Å²) >= 11 is 6.19. The van der Waals surface area contributed by atoms with E-state index in [4.69, 9.17) is 25.8 Å². The molecule has 0 saturated heterocycles. The summed E-state index contributed by atoms with van der Waals surface area (Å²) in [4.78, 5) is 0. The fraction of sp³-hybridized carbons (Fsp3) is 0.600. The first-order valence-electron chi connectivity index (χ1n) is 6.97. The molecule has 0 aliphatic heterocycles. The van der Waals surface area contributed by atoms with Crippen LogP contribution in [-0.2, 0) is 16.0 Å². The molecule has 4 nitrogen and oxygen atoms in total. The van der Waals surface area contributed by atoms with Gasteiger partial charge in [0.1, 0.15) is 12.4 Å². The molecule has 0 radical (unpaired) electrons. The van der Waals surface area contributed by atoms with E-state index in [1.807, 2.05) is 18.2 Å². The standard InChI is InChI=1S/C15H24ClNO3/c1-3-8-19-10-11-20-15-13(5-4-6-14(15)16)12-17-7-9-18-2/h4-6,17H,3,7-12H2,1-2H3. The van der Waals surface area contributed by atoms with Crippen LogP contribution in [0.25, 0.3) is 0 Å². The van der Waals surface area contributed by atoms with Crippen molar-refractivity contribution in [3.63, 3.8) is 0 Å². The molecule has 1 aromatic rings. The van der Waals surface area contributed by atoms with Crippen LogP contribution in [0.4, 0.5) is 0 Å². The minimum atomic E-state index is 0.509. The molecule has 114 valence electrons. The summed E-state index contributed by atoms with van der Waals surface area (Å²) in [7, 11) is 1.69. The van der Waals surface area contributed by atoms with E-state index in [-0.39, 0.29) is 0 Å². The molecule has 0 heterocycles. The lowest BCUT2D eigenvalue weighted by Gasteiger charge is -2.14. The highest BCUT2D eigenvalue weighted by Gasteiger charge is 2.08. The summed E-state index contributed by atoms with van der Waals surface area (Å²) < 4.78 is 16.1. The second-order valence-corrected chi connectivity index (χ2v) is 4.77. The van der Waals surface area contributed by atoms with E-state index < -0.39 is 0 Å². The second-order valence-electron chi connectivity index (χ2n) is 4.36. The van der Waals surface area contributed by atoms with Crippen LogP contribution >= 0.6 is 11.6 Å². The van der Waals surface area contributed by atoms with E-state index in [2.05, 4.69) is 12.2 Å². The van der Waals surface area contributed by atoms with Gasteiger partial charge in [-0.05, 0) is 12.5 Å². The zero-order valence-electron chi connectivity index (χ0n) is 12.3. The van der Waals surface area contributed by atoms with E-state index in [1.54, 1.807) is 7.11 Å². The lowest BCUT2D eigenvalue weighted by Crippen LogP contribution is -2.19. The Morgan fingerprint density at radius 1 is 1.15 bits per heavy atom. The molecule has 1 rings (SSSR count). The average molecular weight is 302 g/mol. The molecule has 0 saturated carbocycles. The SMILES string of the molecule is CCCOCCOc1c(Cl)cccc1CNCCOC. The van der Waals surface area contributed by atoms with E-state index >= 15 is 0 Å². The van der Waals surface area contributed by atoms with E-state index in [0.29, 0.717) is 31.4 Å². The predicted octanol–water partition coefficient (Wildman–Crippen LogP) is 2.88. The molecule has 5 heteroatoms. The van der Waals surface area contributed by atoms with E-state index in [9.17, 15) is 0 Å². The quantitative estimate of drug-likeness (QED) is 0.638. The summed E-state index contributed by atoms with van der Waals surface area (Å²) in [5.74, 6) is 0.735. The van der Waals surface area contributed by atoms with Gasteiger partial charge in [0.05, 0.1) is 18.2 Å². The smallest absolute Gasteiger partial charge is 0.142 e. The number of para-hydroxylation sites is 1. The number of ether oxygens (including phenoxy) is 3. The van der Waals surface area contributed by atoms with Gasteiger partial charge >= 0.3 is 0 Å². The van der Waals surface area contributed by atoms with Gasteiger partial charge in [-0.3, -0.25) is 0 Å². The van der Waals surface area contributed by atoms with Crippen molar-refractivity contribution in [1.82, 2.24) is 5.32 Å². The van der Waals surface area contributed by atoms with Gasteiger partial charge in [0, 0.05) is 32.4 Å². The number of hydrogen-bond acceptors (Lipinski definition) is 4. The fourth-order valence-electron chi connectivity index (χ4n) is 1.70. The number of halogens is 1. The van der Waals surface area contributed by atoms with E-state index in [0.717, 1.165) is 30.9 Å². The number of hydrogen-bond donors (Lipinski definition) is 1. The van der Waals surface area contributed by atoms with Crippen LogP contribution in [0, 0.1) is 0 Å². The van der Waals surface area contributed by atoms with E-state index in [1.165, 1.54) is 0 Å². The van der Waals surface area contributed by atoms with Crippen LogP contribution in [-0.4, -0.2) is 40.1 Å². The first-order chi connectivity index (χ1) is 9.79. The average Bonchev–Trinajstić information content (AvgIpc) is 2.45. The molecule has 1 aromatic carbocycles. The third kappa shape index (κ3) is 6.57. The van der Waals surface area contributed by atoms with Crippen LogP contribution < -0.4 is 10.1 Å². The Labute approximate surface area is 126 Å². The molecule has 0 aliphatic carbocycles. The minimum Gasteiger partial charge on any atom is -0.489 e. The number of nitrogens with one attached hydrogen (secondary N) is 1. The Morgan fingerprint density at radius 2 is 2.00 bits per heavy atom. The molecule has 20 heavy (non-hydrogen) atoms. The largest absolute Gasteiger partial charge is 0.489 e.